The van der Waals surface area contributed by atoms with E-state index in [4.69, 9.17) is 0 Å². The number of likely N-dealkylation sites (N-methyl/N-ethyl adjacent to an activating group) is 2. The van der Waals surface area contributed by atoms with Crippen molar-refractivity contribution in [2.45, 2.75) is 82.8 Å². The molecule has 2 saturated heterocycles. The minimum atomic E-state index is 0. The molecule has 0 bridgehead atoms. The first kappa shape index (κ1) is 26.6. The Balaban J connectivity index is 0.00000341. The first-order valence-corrected chi connectivity index (χ1v) is 12.3. The van der Waals surface area contributed by atoms with Gasteiger partial charge < -0.3 is 20.4 Å². The number of guanidine groups is 1. The van der Waals surface area contributed by atoms with E-state index in [9.17, 15) is 4.79 Å². The summed E-state index contributed by atoms with van der Waals surface area (Å²) in [4.78, 5) is 23.6. The Bertz CT molecular complexity index is 558. The van der Waals surface area contributed by atoms with Crippen molar-refractivity contribution < 1.29 is 4.79 Å². The van der Waals surface area contributed by atoms with Gasteiger partial charge in [0, 0.05) is 51.9 Å². The van der Waals surface area contributed by atoms with Crippen LogP contribution >= 0.6 is 24.0 Å². The highest BCUT2D eigenvalue weighted by Crippen LogP contribution is 2.25. The SMILES string of the molecule is CCN1CCCC1CNC(=NCC(=O)N(C)C)NC1CCN(C2CCCCC2)CC1.I. The molecule has 0 aromatic heterocycles. The number of piperidine rings is 1. The summed E-state index contributed by atoms with van der Waals surface area (Å²) >= 11 is 0. The maximum atomic E-state index is 12.1. The number of nitrogens with zero attached hydrogens (tertiary/aromatic N) is 4. The van der Waals surface area contributed by atoms with Crippen molar-refractivity contribution in [3.05, 3.63) is 0 Å². The maximum Gasteiger partial charge on any atom is 0.243 e. The summed E-state index contributed by atoms with van der Waals surface area (Å²) in [6.07, 6.45) is 11.8. The van der Waals surface area contributed by atoms with E-state index in [1.807, 2.05) is 0 Å². The Morgan fingerprint density at radius 1 is 1.00 bits per heavy atom. The van der Waals surface area contributed by atoms with Crippen molar-refractivity contribution in [2.24, 2.45) is 4.99 Å². The predicted octanol–water partition coefficient (Wildman–Crippen LogP) is 2.51. The fourth-order valence-corrected chi connectivity index (χ4v) is 5.25. The van der Waals surface area contributed by atoms with E-state index >= 15 is 0 Å². The van der Waals surface area contributed by atoms with E-state index < -0.39 is 0 Å². The molecule has 0 aromatic carbocycles. The minimum absolute atomic E-state index is 0. The Kier molecular flexibility index (Phi) is 11.9. The van der Waals surface area contributed by atoms with E-state index in [2.05, 4.69) is 32.3 Å². The van der Waals surface area contributed by atoms with Gasteiger partial charge in [0.1, 0.15) is 6.54 Å². The lowest BCUT2D eigenvalue weighted by Crippen LogP contribution is -2.52. The fourth-order valence-electron chi connectivity index (χ4n) is 5.25. The molecule has 0 aromatic rings. The number of halogens is 1. The molecule has 8 heteroatoms. The van der Waals surface area contributed by atoms with E-state index in [1.54, 1.807) is 19.0 Å². The van der Waals surface area contributed by atoms with Crippen LogP contribution in [0, 0.1) is 0 Å². The first-order chi connectivity index (χ1) is 14.6. The van der Waals surface area contributed by atoms with Crippen LogP contribution in [0.15, 0.2) is 4.99 Å². The van der Waals surface area contributed by atoms with E-state index in [-0.39, 0.29) is 36.4 Å². The standard InChI is InChI=1S/C23H44N6O.HI/c1-4-28-14-8-11-21(28)17-24-23(25-18-22(30)27(2)3)26-19-12-15-29(16-13-19)20-9-6-5-7-10-20;/h19-21H,4-18H2,1-3H3,(H2,24,25,26);1H. The highest BCUT2D eigenvalue weighted by Gasteiger charge is 2.27. The van der Waals surface area contributed by atoms with Crippen molar-refractivity contribution in [3.8, 4) is 0 Å². The average molecular weight is 549 g/mol. The van der Waals surface area contributed by atoms with Crippen molar-refractivity contribution in [3.63, 3.8) is 0 Å². The van der Waals surface area contributed by atoms with Gasteiger partial charge in [-0.05, 0) is 51.6 Å². The molecular weight excluding hydrogens is 503 g/mol. The summed E-state index contributed by atoms with van der Waals surface area (Å²) in [5.74, 6) is 0.850. The molecule has 2 N–H and O–H groups in total. The number of carbonyl (C=O) groups excluding carboxylic acids is 1. The average Bonchev–Trinajstić information content (AvgIpc) is 3.24. The molecule has 1 unspecified atom stereocenters. The van der Waals surface area contributed by atoms with Gasteiger partial charge in [0.15, 0.2) is 5.96 Å². The van der Waals surface area contributed by atoms with Crippen LogP contribution in [0.5, 0.6) is 0 Å². The molecule has 1 atom stereocenters. The Morgan fingerprint density at radius 3 is 2.35 bits per heavy atom. The van der Waals surface area contributed by atoms with Crippen LogP contribution in [0.25, 0.3) is 0 Å². The summed E-state index contributed by atoms with van der Waals surface area (Å²) in [7, 11) is 3.58. The Labute approximate surface area is 206 Å². The van der Waals surface area contributed by atoms with Gasteiger partial charge >= 0.3 is 0 Å². The molecule has 3 fully saturated rings. The maximum absolute atomic E-state index is 12.1. The number of likely N-dealkylation sites (tertiary alicyclic amines) is 2. The second-order valence-corrected chi connectivity index (χ2v) is 9.50. The molecule has 1 aliphatic carbocycles. The molecular formula is C23H45IN6O. The molecule has 1 amide bonds. The van der Waals surface area contributed by atoms with Gasteiger partial charge in [-0.25, -0.2) is 4.99 Å². The number of hydrogen-bond acceptors (Lipinski definition) is 4. The van der Waals surface area contributed by atoms with Crippen molar-refractivity contribution >= 4 is 35.8 Å². The predicted molar refractivity (Wildman–Crippen MR) is 139 cm³/mol. The van der Waals surface area contributed by atoms with Crippen molar-refractivity contribution in [1.29, 1.82) is 0 Å². The normalized spacial score (nSPS) is 24.6. The zero-order valence-electron chi connectivity index (χ0n) is 19.9. The smallest absolute Gasteiger partial charge is 0.243 e. The first-order valence-electron chi connectivity index (χ1n) is 12.3. The van der Waals surface area contributed by atoms with Crippen LogP contribution in [-0.4, -0.2) is 98.1 Å². The quantitative estimate of drug-likeness (QED) is 0.291. The molecule has 3 rings (SSSR count). The number of hydrogen-bond donors (Lipinski definition) is 2. The lowest BCUT2D eigenvalue weighted by molar-refractivity contribution is -0.127. The molecule has 3 aliphatic rings. The highest BCUT2D eigenvalue weighted by atomic mass is 127. The van der Waals surface area contributed by atoms with Gasteiger partial charge in [-0.2, -0.15) is 0 Å². The van der Waals surface area contributed by atoms with Gasteiger partial charge in [-0.3, -0.25) is 9.69 Å². The Morgan fingerprint density at radius 2 is 1.71 bits per heavy atom. The topological polar surface area (TPSA) is 63.2 Å². The van der Waals surface area contributed by atoms with Gasteiger partial charge in [0.25, 0.3) is 0 Å². The fraction of sp³-hybridized carbons (Fsp3) is 0.913. The van der Waals surface area contributed by atoms with E-state index in [0.29, 0.717) is 12.1 Å². The lowest BCUT2D eigenvalue weighted by atomic mass is 9.92. The zero-order chi connectivity index (χ0) is 21.3. The summed E-state index contributed by atoms with van der Waals surface area (Å²) in [6, 6.07) is 1.82. The van der Waals surface area contributed by atoms with Gasteiger partial charge in [0.05, 0.1) is 0 Å². The minimum Gasteiger partial charge on any atom is -0.355 e. The monoisotopic (exact) mass is 548 g/mol. The largest absolute Gasteiger partial charge is 0.355 e. The summed E-state index contributed by atoms with van der Waals surface area (Å²) < 4.78 is 0. The summed E-state index contributed by atoms with van der Waals surface area (Å²) in [5, 5.41) is 7.21. The second kappa shape index (κ2) is 13.8. The van der Waals surface area contributed by atoms with Crippen LogP contribution in [0.3, 0.4) is 0 Å². The molecule has 0 spiro atoms. The third kappa shape index (κ3) is 8.35. The summed E-state index contributed by atoms with van der Waals surface area (Å²) in [6.45, 7) is 7.99. The highest BCUT2D eigenvalue weighted by molar-refractivity contribution is 14.0. The van der Waals surface area contributed by atoms with Crippen LogP contribution in [0.2, 0.25) is 0 Å². The molecule has 2 heterocycles. The van der Waals surface area contributed by atoms with Crippen molar-refractivity contribution in [1.82, 2.24) is 25.3 Å². The van der Waals surface area contributed by atoms with Gasteiger partial charge in [-0.1, -0.05) is 26.2 Å². The lowest BCUT2D eigenvalue weighted by Gasteiger charge is -2.39. The number of rotatable bonds is 7. The molecule has 31 heavy (non-hydrogen) atoms. The summed E-state index contributed by atoms with van der Waals surface area (Å²) in [5.41, 5.74) is 0. The molecule has 2 aliphatic heterocycles. The molecule has 7 nitrogen and oxygen atoms in total. The van der Waals surface area contributed by atoms with Crippen LogP contribution in [0.1, 0.15) is 64.7 Å². The Hall–Kier alpha value is -0.610. The van der Waals surface area contributed by atoms with Crippen LogP contribution in [0.4, 0.5) is 0 Å². The van der Waals surface area contributed by atoms with Gasteiger partial charge in [0.2, 0.25) is 5.91 Å². The molecule has 1 saturated carbocycles. The van der Waals surface area contributed by atoms with Crippen LogP contribution < -0.4 is 10.6 Å². The number of aliphatic imine (C=N–C) groups is 1. The molecule has 0 radical (unpaired) electrons. The zero-order valence-corrected chi connectivity index (χ0v) is 22.3. The van der Waals surface area contributed by atoms with E-state index in [1.165, 1.54) is 64.6 Å². The third-order valence-electron chi connectivity index (χ3n) is 7.24. The van der Waals surface area contributed by atoms with Crippen LogP contribution in [-0.2, 0) is 4.79 Å². The van der Waals surface area contributed by atoms with Gasteiger partial charge in [-0.15, -0.1) is 24.0 Å². The second-order valence-electron chi connectivity index (χ2n) is 9.50. The van der Waals surface area contributed by atoms with E-state index in [0.717, 1.165) is 37.9 Å². The third-order valence-corrected chi connectivity index (χ3v) is 7.24. The number of carbonyl (C=O) groups is 1. The van der Waals surface area contributed by atoms with Crippen molar-refractivity contribution in [2.75, 3.05) is 53.4 Å². The number of nitrogens with one attached hydrogen (secondary N) is 2. The number of amides is 1. The molecule has 180 valence electrons.